The number of amides is 1. The topological polar surface area (TPSA) is 58.1 Å². The Morgan fingerprint density at radius 1 is 1.04 bits per heavy atom. The molecule has 1 amide bonds. The summed E-state index contributed by atoms with van der Waals surface area (Å²) in [4.78, 5) is 23.1. The van der Waals surface area contributed by atoms with Gasteiger partial charge < -0.3 is 10.2 Å². The van der Waals surface area contributed by atoms with E-state index in [4.69, 9.17) is 0 Å². The van der Waals surface area contributed by atoms with Gasteiger partial charge in [0.2, 0.25) is 5.95 Å². The van der Waals surface area contributed by atoms with Crippen LogP contribution in [-0.2, 0) is 6.54 Å². The van der Waals surface area contributed by atoms with Crippen LogP contribution in [0, 0.1) is 13.8 Å². The zero-order valence-corrected chi connectivity index (χ0v) is 15.2. The maximum absolute atomic E-state index is 12.4. The third-order valence-corrected chi connectivity index (χ3v) is 4.15. The van der Waals surface area contributed by atoms with Crippen molar-refractivity contribution in [1.82, 2.24) is 9.97 Å². The fourth-order valence-corrected chi connectivity index (χ4v) is 2.63. The van der Waals surface area contributed by atoms with E-state index in [2.05, 4.69) is 27.4 Å². The number of aromatic nitrogens is 2. The molecule has 3 aromatic rings. The highest BCUT2D eigenvalue weighted by molar-refractivity contribution is 6.04. The summed E-state index contributed by atoms with van der Waals surface area (Å²) in [6, 6.07) is 16.1. The first kappa shape index (κ1) is 17.6. The van der Waals surface area contributed by atoms with Crippen molar-refractivity contribution in [2.24, 2.45) is 0 Å². The smallest absolute Gasteiger partial charge is 0.258 e. The van der Waals surface area contributed by atoms with Crippen LogP contribution in [0.4, 0.5) is 11.6 Å². The van der Waals surface area contributed by atoms with E-state index in [1.807, 2.05) is 62.2 Å². The largest absolute Gasteiger partial charge is 0.340 e. The van der Waals surface area contributed by atoms with Crippen LogP contribution in [0.5, 0.6) is 0 Å². The second-order valence-electron chi connectivity index (χ2n) is 6.39. The Hall–Kier alpha value is -3.21. The van der Waals surface area contributed by atoms with E-state index in [0.29, 0.717) is 18.1 Å². The summed E-state index contributed by atoms with van der Waals surface area (Å²) in [7, 11) is 1.93. The van der Waals surface area contributed by atoms with Crippen LogP contribution in [0.15, 0.2) is 60.9 Å². The second-order valence-corrected chi connectivity index (χ2v) is 6.39. The van der Waals surface area contributed by atoms with Crippen molar-refractivity contribution in [3.8, 4) is 0 Å². The molecule has 0 saturated carbocycles. The van der Waals surface area contributed by atoms with Gasteiger partial charge in [0.1, 0.15) is 0 Å². The lowest BCUT2D eigenvalue weighted by Crippen LogP contribution is -2.20. The highest BCUT2D eigenvalue weighted by atomic mass is 16.1. The van der Waals surface area contributed by atoms with Gasteiger partial charge >= 0.3 is 0 Å². The normalized spacial score (nSPS) is 10.4. The van der Waals surface area contributed by atoms with Gasteiger partial charge in [-0.3, -0.25) is 4.79 Å². The maximum atomic E-state index is 12.4. The number of rotatable bonds is 5. The molecule has 0 bridgehead atoms. The van der Waals surface area contributed by atoms with Gasteiger partial charge in [-0.15, -0.1) is 0 Å². The number of aryl methyl sites for hydroxylation is 2. The molecule has 26 heavy (non-hydrogen) atoms. The maximum Gasteiger partial charge on any atom is 0.258 e. The van der Waals surface area contributed by atoms with Crippen LogP contribution >= 0.6 is 0 Å². The van der Waals surface area contributed by atoms with Crippen molar-refractivity contribution in [2.45, 2.75) is 20.4 Å². The number of hydrogen-bond donors (Lipinski definition) is 1. The number of hydrogen-bond acceptors (Lipinski definition) is 4. The molecular weight excluding hydrogens is 324 g/mol. The number of carbonyl (C=O) groups is 1. The van der Waals surface area contributed by atoms with Crippen molar-refractivity contribution in [1.29, 1.82) is 0 Å². The van der Waals surface area contributed by atoms with Crippen LogP contribution in [-0.4, -0.2) is 22.9 Å². The second kappa shape index (κ2) is 7.78. The van der Waals surface area contributed by atoms with Gasteiger partial charge in [-0.05, 0) is 36.6 Å². The summed E-state index contributed by atoms with van der Waals surface area (Å²) >= 11 is 0. The van der Waals surface area contributed by atoms with E-state index in [1.165, 1.54) is 5.56 Å². The van der Waals surface area contributed by atoms with E-state index in [0.717, 1.165) is 16.8 Å². The lowest BCUT2D eigenvalue weighted by atomic mass is 10.1. The average molecular weight is 346 g/mol. The fraction of sp³-hybridized carbons (Fsp3) is 0.190. The minimum atomic E-state index is -0.212. The predicted molar refractivity (Wildman–Crippen MR) is 104 cm³/mol. The number of nitrogens with zero attached hydrogens (tertiary/aromatic N) is 3. The zero-order valence-electron chi connectivity index (χ0n) is 15.2. The SMILES string of the molecule is Cc1ccc(C)c(NC(=O)c2cnc(N(C)Cc3ccccc3)nc2)c1. The summed E-state index contributed by atoms with van der Waals surface area (Å²) < 4.78 is 0. The highest BCUT2D eigenvalue weighted by Gasteiger charge is 2.11. The molecule has 0 radical (unpaired) electrons. The van der Waals surface area contributed by atoms with Crippen LogP contribution in [0.3, 0.4) is 0 Å². The number of nitrogens with one attached hydrogen (secondary N) is 1. The minimum absolute atomic E-state index is 0.212. The van der Waals surface area contributed by atoms with Crippen molar-refractivity contribution < 1.29 is 4.79 Å². The third-order valence-electron chi connectivity index (χ3n) is 4.15. The van der Waals surface area contributed by atoms with Gasteiger partial charge in [0.05, 0.1) is 5.56 Å². The van der Waals surface area contributed by atoms with Gasteiger partial charge in [-0.25, -0.2) is 9.97 Å². The molecule has 0 atom stereocenters. The summed E-state index contributed by atoms with van der Waals surface area (Å²) in [5, 5.41) is 2.92. The van der Waals surface area contributed by atoms with Gasteiger partial charge in [0, 0.05) is 31.7 Å². The molecule has 2 aromatic carbocycles. The Balaban J connectivity index is 1.68. The first-order valence-corrected chi connectivity index (χ1v) is 8.48. The number of carbonyl (C=O) groups excluding carboxylic acids is 1. The summed E-state index contributed by atoms with van der Waals surface area (Å²) in [6.07, 6.45) is 3.12. The van der Waals surface area contributed by atoms with Crippen molar-refractivity contribution in [3.05, 3.63) is 83.2 Å². The molecule has 0 spiro atoms. The van der Waals surface area contributed by atoms with E-state index < -0.39 is 0 Å². The molecule has 0 fully saturated rings. The van der Waals surface area contributed by atoms with E-state index in [1.54, 1.807) is 12.4 Å². The monoisotopic (exact) mass is 346 g/mol. The molecule has 0 aliphatic rings. The van der Waals surface area contributed by atoms with Crippen molar-refractivity contribution >= 4 is 17.5 Å². The predicted octanol–water partition coefficient (Wildman–Crippen LogP) is 3.98. The molecular formula is C21H22N4O. The summed E-state index contributed by atoms with van der Waals surface area (Å²) in [6.45, 7) is 4.66. The van der Waals surface area contributed by atoms with E-state index in [-0.39, 0.29) is 5.91 Å². The molecule has 1 N–H and O–H groups in total. The van der Waals surface area contributed by atoms with E-state index in [9.17, 15) is 4.79 Å². The first-order chi connectivity index (χ1) is 12.5. The van der Waals surface area contributed by atoms with Gasteiger partial charge in [-0.2, -0.15) is 0 Å². The van der Waals surface area contributed by atoms with E-state index >= 15 is 0 Å². The molecule has 0 saturated heterocycles. The Morgan fingerprint density at radius 2 is 1.73 bits per heavy atom. The lowest BCUT2D eigenvalue weighted by molar-refractivity contribution is 0.102. The third kappa shape index (κ3) is 4.25. The molecule has 5 heteroatoms. The lowest BCUT2D eigenvalue weighted by Gasteiger charge is -2.17. The molecule has 5 nitrogen and oxygen atoms in total. The molecule has 0 aliphatic carbocycles. The molecule has 3 rings (SSSR count). The minimum Gasteiger partial charge on any atom is -0.340 e. The standard InChI is InChI=1S/C21H22N4O/c1-15-9-10-16(2)19(11-15)24-20(26)18-12-22-21(23-13-18)25(3)14-17-7-5-4-6-8-17/h4-13H,14H2,1-3H3,(H,24,26). The molecule has 1 aromatic heterocycles. The van der Waals surface area contributed by atoms with Gasteiger partial charge in [0.15, 0.2) is 0 Å². The molecule has 132 valence electrons. The van der Waals surface area contributed by atoms with Crippen LogP contribution in [0.1, 0.15) is 27.0 Å². The van der Waals surface area contributed by atoms with Crippen LogP contribution < -0.4 is 10.2 Å². The average Bonchev–Trinajstić information content (AvgIpc) is 2.65. The van der Waals surface area contributed by atoms with Gasteiger partial charge in [0.25, 0.3) is 5.91 Å². The molecule has 0 aliphatic heterocycles. The molecule has 0 unspecified atom stereocenters. The fourth-order valence-electron chi connectivity index (χ4n) is 2.63. The Morgan fingerprint density at radius 3 is 2.42 bits per heavy atom. The van der Waals surface area contributed by atoms with Gasteiger partial charge in [-0.1, -0.05) is 42.5 Å². The Kier molecular flexibility index (Phi) is 5.27. The summed E-state index contributed by atoms with van der Waals surface area (Å²) in [5.41, 5.74) is 4.53. The number of anilines is 2. The quantitative estimate of drug-likeness (QED) is 0.759. The number of benzene rings is 2. The molecule has 1 heterocycles. The summed E-state index contributed by atoms with van der Waals surface area (Å²) in [5.74, 6) is 0.369. The van der Waals surface area contributed by atoms with Crippen LogP contribution in [0.25, 0.3) is 0 Å². The Labute approximate surface area is 153 Å². The highest BCUT2D eigenvalue weighted by Crippen LogP contribution is 2.17. The van der Waals surface area contributed by atoms with Crippen LogP contribution in [0.2, 0.25) is 0 Å². The first-order valence-electron chi connectivity index (χ1n) is 8.48. The van der Waals surface area contributed by atoms with Crippen molar-refractivity contribution in [2.75, 3.05) is 17.3 Å². The Bertz CT molecular complexity index is 892. The zero-order chi connectivity index (χ0) is 18.5. The van der Waals surface area contributed by atoms with Crippen molar-refractivity contribution in [3.63, 3.8) is 0 Å².